The Labute approximate surface area is 195 Å². The van der Waals surface area contributed by atoms with Crippen LogP contribution in [0.2, 0.25) is 0 Å². The molecule has 0 aliphatic heterocycles. The van der Waals surface area contributed by atoms with E-state index >= 15 is 0 Å². The molecule has 3 aromatic rings. The van der Waals surface area contributed by atoms with Crippen LogP contribution in [0.3, 0.4) is 0 Å². The highest BCUT2D eigenvalue weighted by Crippen LogP contribution is 2.40. The van der Waals surface area contributed by atoms with Crippen LogP contribution >= 0.6 is 11.3 Å². The number of carbonyl (C=O) groups excluding carboxylic acids is 1. The van der Waals surface area contributed by atoms with Crippen molar-refractivity contribution in [2.24, 2.45) is 5.41 Å². The lowest BCUT2D eigenvalue weighted by molar-refractivity contribution is -0.146. The van der Waals surface area contributed by atoms with Crippen LogP contribution in [0.1, 0.15) is 36.9 Å². The number of carbonyl (C=O) groups is 1. The molecule has 0 unspecified atom stereocenters. The molecule has 0 saturated heterocycles. The number of esters is 1. The number of hydrogen-bond acceptors (Lipinski definition) is 5. The third kappa shape index (κ3) is 5.15. The summed E-state index contributed by atoms with van der Waals surface area (Å²) in [5.41, 5.74) is -3.87. The molecular formula is C24H17F5N2O2S. The molecule has 0 N–H and O–H groups in total. The number of halogens is 5. The number of rotatable bonds is 4. The SMILES string of the molecule is CC(C)(C)C(=O)O/C(=C(/C#N)c1nc(-c2c(F)cccc2F)cs1)c1ccccc1C(F)(F)F. The topological polar surface area (TPSA) is 63.0 Å². The zero-order valence-electron chi connectivity index (χ0n) is 18.1. The van der Waals surface area contributed by atoms with Gasteiger partial charge in [-0.2, -0.15) is 18.4 Å². The Hall–Kier alpha value is -3.58. The van der Waals surface area contributed by atoms with E-state index < -0.39 is 57.2 Å². The van der Waals surface area contributed by atoms with Crippen molar-refractivity contribution in [1.82, 2.24) is 4.98 Å². The van der Waals surface area contributed by atoms with Gasteiger partial charge in [0.25, 0.3) is 0 Å². The van der Waals surface area contributed by atoms with Gasteiger partial charge in [-0.3, -0.25) is 4.79 Å². The number of hydrogen-bond donors (Lipinski definition) is 0. The maximum absolute atomic E-state index is 14.2. The summed E-state index contributed by atoms with van der Waals surface area (Å²) in [6, 6.07) is 9.26. The summed E-state index contributed by atoms with van der Waals surface area (Å²) in [6.07, 6.45) is -4.82. The van der Waals surface area contributed by atoms with E-state index in [1.54, 1.807) is 6.07 Å². The summed E-state index contributed by atoms with van der Waals surface area (Å²) in [5, 5.41) is 10.9. The number of aromatic nitrogens is 1. The summed E-state index contributed by atoms with van der Waals surface area (Å²) in [4.78, 5) is 16.7. The van der Waals surface area contributed by atoms with E-state index in [2.05, 4.69) is 4.98 Å². The second-order valence-electron chi connectivity index (χ2n) is 8.13. The first kappa shape index (κ1) is 25.1. The van der Waals surface area contributed by atoms with E-state index in [0.29, 0.717) is 0 Å². The molecule has 0 aliphatic carbocycles. The lowest BCUT2D eigenvalue weighted by Crippen LogP contribution is -2.23. The largest absolute Gasteiger partial charge is 0.424 e. The smallest absolute Gasteiger partial charge is 0.417 e. The number of thiazole rings is 1. The molecule has 10 heteroatoms. The van der Waals surface area contributed by atoms with Crippen molar-refractivity contribution in [3.63, 3.8) is 0 Å². The summed E-state index contributed by atoms with van der Waals surface area (Å²) < 4.78 is 74.9. The van der Waals surface area contributed by atoms with Gasteiger partial charge in [0.2, 0.25) is 0 Å². The molecule has 0 spiro atoms. The Morgan fingerprint density at radius 2 is 1.65 bits per heavy atom. The van der Waals surface area contributed by atoms with Crippen molar-refractivity contribution in [1.29, 1.82) is 5.26 Å². The van der Waals surface area contributed by atoms with E-state index in [1.165, 1.54) is 38.3 Å². The van der Waals surface area contributed by atoms with Crippen LogP contribution in [0, 0.1) is 28.4 Å². The van der Waals surface area contributed by atoms with Crippen LogP contribution in [-0.4, -0.2) is 11.0 Å². The normalized spacial score (nSPS) is 12.7. The van der Waals surface area contributed by atoms with Crippen molar-refractivity contribution >= 4 is 28.6 Å². The first-order valence-electron chi connectivity index (χ1n) is 9.78. The third-order valence-corrected chi connectivity index (χ3v) is 5.42. The minimum Gasteiger partial charge on any atom is -0.424 e. The summed E-state index contributed by atoms with van der Waals surface area (Å²) in [6.45, 7) is 4.49. The number of ether oxygens (including phenoxy) is 1. The Morgan fingerprint density at radius 1 is 1.03 bits per heavy atom. The monoisotopic (exact) mass is 492 g/mol. The second-order valence-corrected chi connectivity index (χ2v) is 8.99. The molecule has 3 rings (SSSR count). The van der Waals surface area contributed by atoms with Crippen molar-refractivity contribution < 1.29 is 31.5 Å². The van der Waals surface area contributed by atoms with Gasteiger partial charge in [-0.05, 0) is 39.0 Å². The van der Waals surface area contributed by atoms with Crippen molar-refractivity contribution in [2.45, 2.75) is 26.9 Å². The Kier molecular flexibility index (Phi) is 6.89. The van der Waals surface area contributed by atoms with Gasteiger partial charge < -0.3 is 4.74 Å². The standard InChI is InChI=1S/C24H17F5N2O2S/c1-23(2,3)22(32)33-20(13-7-4-5-8-15(13)24(27,28)29)14(11-30)21-31-18(12-34-21)19-16(25)9-6-10-17(19)26/h4-10,12H,1-3H3/b20-14-. The molecule has 0 bridgehead atoms. The molecule has 2 aromatic carbocycles. The van der Waals surface area contributed by atoms with Crippen LogP contribution < -0.4 is 0 Å². The lowest BCUT2D eigenvalue weighted by Gasteiger charge is -2.21. The zero-order valence-corrected chi connectivity index (χ0v) is 18.9. The fourth-order valence-corrected chi connectivity index (χ4v) is 3.66. The molecule has 4 nitrogen and oxygen atoms in total. The number of allylic oxidation sites excluding steroid dienone is 1. The first-order valence-corrected chi connectivity index (χ1v) is 10.7. The summed E-state index contributed by atoms with van der Waals surface area (Å²) in [5.74, 6) is -3.34. The molecule has 0 amide bonds. The van der Waals surface area contributed by atoms with E-state index in [1.807, 2.05) is 0 Å². The maximum Gasteiger partial charge on any atom is 0.417 e. The van der Waals surface area contributed by atoms with E-state index in [-0.39, 0.29) is 10.7 Å². The highest BCUT2D eigenvalue weighted by Gasteiger charge is 2.37. The molecule has 0 radical (unpaired) electrons. The molecule has 0 aliphatic rings. The Bertz CT molecular complexity index is 1290. The quantitative estimate of drug-likeness (QED) is 0.169. The molecule has 0 atom stereocenters. The van der Waals surface area contributed by atoms with Crippen LogP contribution in [-0.2, 0) is 15.7 Å². The van der Waals surface area contributed by atoms with Gasteiger partial charge >= 0.3 is 12.1 Å². The van der Waals surface area contributed by atoms with Crippen molar-refractivity contribution in [3.05, 3.63) is 75.6 Å². The molecule has 0 fully saturated rings. The Balaban J connectivity index is 2.27. The minimum absolute atomic E-state index is 0.158. The van der Waals surface area contributed by atoms with Gasteiger partial charge in [0, 0.05) is 10.9 Å². The molecule has 1 aromatic heterocycles. The van der Waals surface area contributed by atoms with Crippen molar-refractivity contribution in [3.8, 4) is 17.3 Å². The van der Waals surface area contributed by atoms with Crippen LogP contribution in [0.4, 0.5) is 22.0 Å². The summed E-state index contributed by atoms with van der Waals surface area (Å²) >= 11 is 0.768. The van der Waals surface area contributed by atoms with E-state index in [0.717, 1.165) is 41.7 Å². The molecule has 0 saturated carbocycles. The maximum atomic E-state index is 14.2. The van der Waals surface area contributed by atoms with Gasteiger partial charge in [0.05, 0.1) is 22.2 Å². The zero-order chi connectivity index (χ0) is 25.3. The molecule has 1 heterocycles. The van der Waals surface area contributed by atoms with Gasteiger partial charge in [-0.15, -0.1) is 11.3 Å². The number of nitriles is 1. The molecule has 176 valence electrons. The van der Waals surface area contributed by atoms with Crippen LogP contribution in [0.15, 0.2) is 47.8 Å². The first-order chi connectivity index (χ1) is 15.8. The second kappa shape index (κ2) is 9.35. The van der Waals surface area contributed by atoms with Crippen LogP contribution in [0.5, 0.6) is 0 Å². The predicted octanol–water partition coefficient (Wildman–Crippen LogP) is 7.09. The van der Waals surface area contributed by atoms with Gasteiger partial charge in [-0.25, -0.2) is 13.8 Å². The average molecular weight is 492 g/mol. The molecular weight excluding hydrogens is 475 g/mol. The number of benzene rings is 2. The van der Waals surface area contributed by atoms with Gasteiger partial charge in [0.1, 0.15) is 28.3 Å². The van der Waals surface area contributed by atoms with Crippen molar-refractivity contribution in [2.75, 3.05) is 0 Å². The lowest BCUT2D eigenvalue weighted by atomic mass is 9.96. The highest BCUT2D eigenvalue weighted by molar-refractivity contribution is 7.11. The van der Waals surface area contributed by atoms with Crippen LogP contribution in [0.25, 0.3) is 22.6 Å². The van der Waals surface area contributed by atoms with E-state index in [9.17, 15) is 32.0 Å². The summed E-state index contributed by atoms with van der Waals surface area (Å²) in [7, 11) is 0. The van der Waals surface area contributed by atoms with Gasteiger partial charge in [0.15, 0.2) is 5.76 Å². The minimum atomic E-state index is -4.82. The van der Waals surface area contributed by atoms with Gasteiger partial charge in [-0.1, -0.05) is 24.3 Å². The number of nitrogens with zero attached hydrogens (tertiary/aromatic N) is 2. The number of alkyl halides is 3. The highest BCUT2D eigenvalue weighted by atomic mass is 32.1. The predicted molar refractivity (Wildman–Crippen MR) is 117 cm³/mol. The fourth-order valence-electron chi connectivity index (χ4n) is 2.86. The molecule has 34 heavy (non-hydrogen) atoms. The average Bonchev–Trinajstić information content (AvgIpc) is 3.21. The third-order valence-electron chi connectivity index (χ3n) is 4.56. The van der Waals surface area contributed by atoms with E-state index in [4.69, 9.17) is 4.74 Å². The fraction of sp³-hybridized carbons (Fsp3) is 0.208. The Morgan fingerprint density at radius 3 is 2.21 bits per heavy atom.